The molecule has 1 aliphatic rings. The van der Waals surface area contributed by atoms with Gasteiger partial charge in [0.2, 0.25) is 0 Å². The Hall–Kier alpha value is -2.29. The molecule has 3 nitrogen and oxygen atoms in total. The molecule has 1 heterocycles. The number of hydrogen-bond acceptors (Lipinski definition) is 2. The van der Waals surface area contributed by atoms with Gasteiger partial charge in [-0.2, -0.15) is 0 Å². The van der Waals surface area contributed by atoms with Crippen LogP contribution in [-0.4, -0.2) is 37.0 Å². The van der Waals surface area contributed by atoms with Crippen molar-refractivity contribution in [1.82, 2.24) is 4.90 Å². The first-order valence-electron chi connectivity index (χ1n) is 8.19. The third kappa shape index (κ3) is 3.55. The van der Waals surface area contributed by atoms with Crippen molar-refractivity contribution >= 4 is 17.2 Å². The number of para-hydroxylation sites is 1. The number of rotatable bonds is 7. The molecule has 0 unspecified atom stereocenters. The second-order valence-corrected chi connectivity index (χ2v) is 5.83. The van der Waals surface area contributed by atoms with Crippen LogP contribution in [0.3, 0.4) is 0 Å². The summed E-state index contributed by atoms with van der Waals surface area (Å²) in [5.41, 5.74) is 4.34. The minimum atomic E-state index is 0.0814. The summed E-state index contributed by atoms with van der Waals surface area (Å²) >= 11 is 0. The van der Waals surface area contributed by atoms with Crippen LogP contribution in [0.25, 0.3) is 5.57 Å². The summed E-state index contributed by atoms with van der Waals surface area (Å²) in [4.78, 5) is 17.1. The molecule has 0 aliphatic carbocycles. The first kappa shape index (κ1) is 17.1. The SMILES string of the molecule is C=CCN(CC=C)C(=O)C1=C(C)c2ccccc2N(CCC)C1. The highest BCUT2D eigenvalue weighted by atomic mass is 16.2. The zero-order valence-electron chi connectivity index (χ0n) is 14.2. The average Bonchev–Trinajstić information content (AvgIpc) is 2.57. The highest BCUT2D eigenvalue weighted by molar-refractivity contribution is 6.04. The molecule has 0 saturated carbocycles. The Morgan fingerprint density at radius 1 is 1.26 bits per heavy atom. The van der Waals surface area contributed by atoms with Gasteiger partial charge in [-0.15, -0.1) is 13.2 Å². The quantitative estimate of drug-likeness (QED) is 0.713. The molecule has 1 aromatic carbocycles. The smallest absolute Gasteiger partial charge is 0.252 e. The molecule has 0 spiro atoms. The summed E-state index contributed by atoms with van der Waals surface area (Å²) in [5.74, 6) is 0.0814. The molecule has 0 atom stereocenters. The molecule has 0 radical (unpaired) electrons. The Bertz CT molecular complexity index is 620. The summed E-state index contributed by atoms with van der Waals surface area (Å²) in [7, 11) is 0. The number of allylic oxidation sites excluding steroid dienone is 1. The zero-order chi connectivity index (χ0) is 16.8. The van der Waals surface area contributed by atoms with Gasteiger partial charge in [-0.05, 0) is 25.0 Å². The largest absolute Gasteiger partial charge is 0.367 e. The van der Waals surface area contributed by atoms with Gasteiger partial charge in [0.25, 0.3) is 5.91 Å². The van der Waals surface area contributed by atoms with Crippen molar-refractivity contribution in [3.63, 3.8) is 0 Å². The first-order chi connectivity index (χ1) is 11.1. The van der Waals surface area contributed by atoms with Gasteiger partial charge in [-0.25, -0.2) is 0 Å². The molecule has 0 aromatic heterocycles. The van der Waals surface area contributed by atoms with Crippen molar-refractivity contribution in [2.24, 2.45) is 0 Å². The molecular formula is C20H26N2O. The second kappa shape index (κ2) is 7.82. The van der Waals surface area contributed by atoms with Crippen molar-refractivity contribution in [2.75, 3.05) is 31.1 Å². The molecule has 0 saturated heterocycles. The lowest BCUT2D eigenvalue weighted by atomic mass is 9.93. The minimum absolute atomic E-state index is 0.0814. The number of benzene rings is 1. The Morgan fingerprint density at radius 2 is 1.91 bits per heavy atom. The maximum Gasteiger partial charge on any atom is 0.252 e. The van der Waals surface area contributed by atoms with E-state index in [2.05, 4.69) is 50.1 Å². The molecule has 1 amide bonds. The Labute approximate surface area is 139 Å². The Morgan fingerprint density at radius 3 is 2.52 bits per heavy atom. The lowest BCUT2D eigenvalue weighted by Crippen LogP contribution is -2.39. The molecule has 0 bridgehead atoms. The molecule has 122 valence electrons. The molecule has 2 rings (SSSR count). The fourth-order valence-corrected chi connectivity index (χ4v) is 3.06. The van der Waals surface area contributed by atoms with E-state index in [1.807, 2.05) is 6.07 Å². The molecule has 1 aliphatic heterocycles. The van der Waals surface area contributed by atoms with Gasteiger partial charge >= 0.3 is 0 Å². The normalized spacial score (nSPS) is 13.6. The monoisotopic (exact) mass is 310 g/mol. The van der Waals surface area contributed by atoms with E-state index in [1.54, 1.807) is 17.1 Å². The summed E-state index contributed by atoms with van der Waals surface area (Å²) in [6.07, 6.45) is 4.58. The van der Waals surface area contributed by atoms with Gasteiger partial charge in [-0.3, -0.25) is 4.79 Å². The van der Waals surface area contributed by atoms with Gasteiger partial charge in [0, 0.05) is 43.0 Å². The number of carbonyl (C=O) groups is 1. The van der Waals surface area contributed by atoms with Gasteiger partial charge in [0.15, 0.2) is 0 Å². The lowest BCUT2D eigenvalue weighted by Gasteiger charge is -2.34. The van der Waals surface area contributed by atoms with Crippen molar-refractivity contribution in [1.29, 1.82) is 0 Å². The van der Waals surface area contributed by atoms with Crippen LogP contribution in [0.4, 0.5) is 5.69 Å². The van der Waals surface area contributed by atoms with Crippen LogP contribution in [0.15, 0.2) is 55.1 Å². The van der Waals surface area contributed by atoms with Gasteiger partial charge in [0.05, 0.1) is 0 Å². The summed E-state index contributed by atoms with van der Waals surface area (Å²) in [5, 5.41) is 0. The third-order valence-corrected chi connectivity index (χ3v) is 4.19. The van der Waals surface area contributed by atoms with Crippen LogP contribution in [0.5, 0.6) is 0 Å². The van der Waals surface area contributed by atoms with Crippen LogP contribution < -0.4 is 4.90 Å². The lowest BCUT2D eigenvalue weighted by molar-refractivity contribution is -0.126. The number of hydrogen-bond donors (Lipinski definition) is 0. The van der Waals surface area contributed by atoms with E-state index in [9.17, 15) is 4.79 Å². The van der Waals surface area contributed by atoms with Gasteiger partial charge in [-0.1, -0.05) is 37.3 Å². The number of nitrogens with zero attached hydrogens (tertiary/aromatic N) is 2. The topological polar surface area (TPSA) is 23.6 Å². The maximum absolute atomic E-state index is 13.0. The zero-order valence-corrected chi connectivity index (χ0v) is 14.2. The Balaban J connectivity index is 2.42. The van der Waals surface area contributed by atoms with E-state index in [0.29, 0.717) is 19.6 Å². The number of anilines is 1. The predicted octanol–water partition coefficient (Wildman–Crippen LogP) is 3.89. The molecule has 1 aromatic rings. The molecule has 0 N–H and O–H groups in total. The summed E-state index contributed by atoms with van der Waals surface area (Å²) in [6.45, 7) is 14.4. The second-order valence-electron chi connectivity index (χ2n) is 5.83. The number of fused-ring (bicyclic) bond motifs is 1. The van der Waals surface area contributed by atoms with Crippen molar-refractivity contribution in [3.05, 3.63) is 60.7 Å². The minimum Gasteiger partial charge on any atom is -0.367 e. The van der Waals surface area contributed by atoms with E-state index in [0.717, 1.165) is 29.7 Å². The average molecular weight is 310 g/mol. The van der Waals surface area contributed by atoms with Crippen LogP contribution in [-0.2, 0) is 4.79 Å². The molecule has 0 fully saturated rings. The fraction of sp³-hybridized carbons (Fsp3) is 0.350. The first-order valence-corrected chi connectivity index (χ1v) is 8.19. The third-order valence-electron chi connectivity index (χ3n) is 4.19. The van der Waals surface area contributed by atoms with Crippen molar-refractivity contribution < 1.29 is 4.79 Å². The molecule has 3 heteroatoms. The van der Waals surface area contributed by atoms with Crippen molar-refractivity contribution in [2.45, 2.75) is 20.3 Å². The highest BCUT2D eigenvalue weighted by Crippen LogP contribution is 2.35. The van der Waals surface area contributed by atoms with Crippen LogP contribution in [0.1, 0.15) is 25.8 Å². The van der Waals surface area contributed by atoms with Crippen LogP contribution >= 0.6 is 0 Å². The van der Waals surface area contributed by atoms with Gasteiger partial charge in [0.1, 0.15) is 0 Å². The van der Waals surface area contributed by atoms with Crippen LogP contribution in [0.2, 0.25) is 0 Å². The number of amides is 1. The highest BCUT2D eigenvalue weighted by Gasteiger charge is 2.27. The molecule has 23 heavy (non-hydrogen) atoms. The standard InChI is InChI=1S/C20H26N2O/c1-5-12-21(13-6-2)20(23)18-15-22(14-7-3)19-11-9-8-10-17(19)16(18)4/h5-6,8-11H,1-2,7,12-15H2,3-4H3. The van der Waals surface area contributed by atoms with E-state index >= 15 is 0 Å². The fourth-order valence-electron chi connectivity index (χ4n) is 3.06. The van der Waals surface area contributed by atoms with Crippen molar-refractivity contribution in [3.8, 4) is 0 Å². The Kier molecular flexibility index (Phi) is 5.80. The summed E-state index contributed by atoms with van der Waals surface area (Å²) < 4.78 is 0. The van der Waals surface area contributed by atoms with E-state index in [4.69, 9.17) is 0 Å². The summed E-state index contributed by atoms with van der Waals surface area (Å²) in [6, 6.07) is 8.33. The van der Waals surface area contributed by atoms with E-state index < -0.39 is 0 Å². The molecular weight excluding hydrogens is 284 g/mol. The maximum atomic E-state index is 13.0. The van der Waals surface area contributed by atoms with Crippen LogP contribution in [0, 0.1) is 0 Å². The van der Waals surface area contributed by atoms with E-state index in [-0.39, 0.29) is 5.91 Å². The van der Waals surface area contributed by atoms with Gasteiger partial charge < -0.3 is 9.80 Å². The van der Waals surface area contributed by atoms with E-state index in [1.165, 1.54) is 5.69 Å². The predicted molar refractivity (Wildman–Crippen MR) is 98.5 cm³/mol. The number of carbonyl (C=O) groups excluding carboxylic acids is 1.